The van der Waals surface area contributed by atoms with Crippen molar-refractivity contribution >= 4 is 11.7 Å². The van der Waals surface area contributed by atoms with E-state index in [1.807, 2.05) is 6.08 Å². The summed E-state index contributed by atoms with van der Waals surface area (Å²) in [6, 6.07) is 6.82. The zero-order chi connectivity index (χ0) is 12.5. The number of rotatable bonds is 8. The second kappa shape index (κ2) is 7.49. The van der Waals surface area contributed by atoms with E-state index in [4.69, 9.17) is 5.11 Å². The number of anilines is 1. The summed E-state index contributed by atoms with van der Waals surface area (Å²) >= 11 is 0. The fourth-order valence-corrected chi connectivity index (χ4v) is 1.55. The van der Waals surface area contributed by atoms with E-state index < -0.39 is 5.97 Å². The summed E-state index contributed by atoms with van der Waals surface area (Å²) in [6.07, 6.45) is 6.51. The fourth-order valence-electron chi connectivity index (χ4n) is 1.55. The van der Waals surface area contributed by atoms with Gasteiger partial charge in [0, 0.05) is 12.2 Å². The van der Waals surface area contributed by atoms with E-state index in [2.05, 4.69) is 11.9 Å². The molecule has 17 heavy (non-hydrogen) atoms. The van der Waals surface area contributed by atoms with Crippen LogP contribution in [0.5, 0.6) is 0 Å². The highest BCUT2D eigenvalue weighted by atomic mass is 16.4. The molecule has 0 radical (unpaired) electrons. The maximum atomic E-state index is 10.6. The Bertz CT molecular complexity index is 357. The highest BCUT2D eigenvalue weighted by Crippen LogP contribution is 2.10. The second-order valence-electron chi connectivity index (χ2n) is 3.95. The second-order valence-corrected chi connectivity index (χ2v) is 3.95. The van der Waals surface area contributed by atoms with Crippen molar-refractivity contribution in [3.05, 3.63) is 42.5 Å². The maximum absolute atomic E-state index is 10.6. The highest BCUT2D eigenvalue weighted by Gasteiger charge is 2.00. The quantitative estimate of drug-likeness (QED) is 0.533. The molecule has 0 saturated carbocycles. The third kappa shape index (κ3) is 5.20. The minimum absolute atomic E-state index is 0.321. The van der Waals surface area contributed by atoms with E-state index in [1.165, 1.54) is 12.8 Å². The van der Waals surface area contributed by atoms with Crippen molar-refractivity contribution in [2.24, 2.45) is 0 Å². The Morgan fingerprint density at radius 1 is 1.24 bits per heavy atom. The first kappa shape index (κ1) is 13.3. The van der Waals surface area contributed by atoms with Crippen molar-refractivity contribution in [1.82, 2.24) is 0 Å². The molecule has 0 saturated heterocycles. The summed E-state index contributed by atoms with van der Waals surface area (Å²) in [5, 5.41) is 12.0. The fraction of sp³-hybridized carbons (Fsp3) is 0.357. The van der Waals surface area contributed by atoms with Crippen LogP contribution < -0.4 is 5.32 Å². The predicted octanol–water partition coefficient (Wildman–Crippen LogP) is 3.54. The number of allylic oxidation sites excluding steroid dienone is 1. The standard InChI is InChI=1S/C14H19NO2/c1-2-3-4-5-6-11-15-13-9-7-12(8-10-13)14(16)17/h2,7-10,15H,1,3-6,11H2,(H,16,17). The molecule has 0 spiro atoms. The lowest BCUT2D eigenvalue weighted by Crippen LogP contribution is -2.02. The molecule has 0 atom stereocenters. The van der Waals surface area contributed by atoms with Crippen LogP contribution in [0.1, 0.15) is 36.0 Å². The molecule has 0 bridgehead atoms. The summed E-state index contributed by atoms with van der Waals surface area (Å²) in [5.74, 6) is -0.888. The van der Waals surface area contributed by atoms with E-state index in [0.29, 0.717) is 5.56 Å². The van der Waals surface area contributed by atoms with Crippen molar-refractivity contribution in [1.29, 1.82) is 0 Å². The zero-order valence-corrected chi connectivity index (χ0v) is 9.98. The van der Waals surface area contributed by atoms with Crippen LogP contribution in [0.2, 0.25) is 0 Å². The molecule has 0 aromatic heterocycles. The molecule has 0 unspecified atom stereocenters. The summed E-state index contributed by atoms with van der Waals surface area (Å²) in [6.45, 7) is 4.61. The minimum atomic E-state index is -0.888. The average molecular weight is 233 g/mol. The molecule has 0 heterocycles. The van der Waals surface area contributed by atoms with Gasteiger partial charge in [-0.3, -0.25) is 0 Å². The van der Waals surface area contributed by atoms with E-state index in [-0.39, 0.29) is 0 Å². The van der Waals surface area contributed by atoms with Crippen molar-refractivity contribution in [2.75, 3.05) is 11.9 Å². The molecule has 0 fully saturated rings. The van der Waals surface area contributed by atoms with Crippen LogP contribution in [0.4, 0.5) is 5.69 Å². The van der Waals surface area contributed by atoms with Gasteiger partial charge in [-0.1, -0.05) is 12.5 Å². The first-order valence-electron chi connectivity index (χ1n) is 5.92. The van der Waals surface area contributed by atoms with Crippen LogP contribution in [-0.2, 0) is 0 Å². The summed E-state index contributed by atoms with van der Waals surface area (Å²) in [5.41, 5.74) is 1.29. The van der Waals surface area contributed by atoms with Crippen molar-refractivity contribution in [2.45, 2.75) is 25.7 Å². The van der Waals surface area contributed by atoms with Crippen LogP contribution in [-0.4, -0.2) is 17.6 Å². The summed E-state index contributed by atoms with van der Waals surface area (Å²) in [4.78, 5) is 10.6. The predicted molar refractivity (Wildman–Crippen MR) is 70.6 cm³/mol. The molecule has 3 heteroatoms. The van der Waals surface area contributed by atoms with Gasteiger partial charge in [0.1, 0.15) is 0 Å². The van der Waals surface area contributed by atoms with Crippen molar-refractivity contribution < 1.29 is 9.90 Å². The normalized spacial score (nSPS) is 9.88. The molecule has 0 aliphatic rings. The van der Waals surface area contributed by atoms with Crippen LogP contribution >= 0.6 is 0 Å². The topological polar surface area (TPSA) is 49.3 Å². The van der Waals surface area contributed by atoms with Gasteiger partial charge in [-0.2, -0.15) is 0 Å². The molecule has 1 rings (SSSR count). The minimum Gasteiger partial charge on any atom is -0.478 e. The van der Waals surface area contributed by atoms with Crippen LogP contribution in [0, 0.1) is 0 Å². The smallest absolute Gasteiger partial charge is 0.335 e. The Labute approximate surface area is 102 Å². The highest BCUT2D eigenvalue weighted by molar-refractivity contribution is 5.87. The number of carboxylic acids is 1. The van der Waals surface area contributed by atoms with E-state index in [1.54, 1.807) is 24.3 Å². The number of benzene rings is 1. The Balaban J connectivity index is 2.23. The maximum Gasteiger partial charge on any atom is 0.335 e. The Hall–Kier alpha value is -1.77. The molecule has 3 nitrogen and oxygen atoms in total. The largest absolute Gasteiger partial charge is 0.478 e. The lowest BCUT2D eigenvalue weighted by Gasteiger charge is -2.06. The Morgan fingerprint density at radius 3 is 2.53 bits per heavy atom. The molecule has 1 aromatic rings. The molecule has 0 aliphatic carbocycles. The Morgan fingerprint density at radius 2 is 1.94 bits per heavy atom. The third-order valence-electron chi connectivity index (χ3n) is 2.55. The molecule has 92 valence electrons. The average Bonchev–Trinajstić information content (AvgIpc) is 2.34. The summed E-state index contributed by atoms with van der Waals surface area (Å²) < 4.78 is 0. The lowest BCUT2D eigenvalue weighted by atomic mass is 10.2. The molecule has 0 aliphatic heterocycles. The van der Waals surface area contributed by atoms with Crippen LogP contribution in [0.3, 0.4) is 0 Å². The van der Waals surface area contributed by atoms with Gasteiger partial charge >= 0.3 is 5.97 Å². The van der Waals surface area contributed by atoms with Gasteiger partial charge in [0.25, 0.3) is 0 Å². The monoisotopic (exact) mass is 233 g/mol. The van der Waals surface area contributed by atoms with Gasteiger partial charge in [0.2, 0.25) is 0 Å². The Kier molecular flexibility index (Phi) is 5.86. The van der Waals surface area contributed by atoms with E-state index >= 15 is 0 Å². The molecular weight excluding hydrogens is 214 g/mol. The number of hydrogen-bond acceptors (Lipinski definition) is 2. The van der Waals surface area contributed by atoms with E-state index in [0.717, 1.165) is 25.1 Å². The molecule has 2 N–H and O–H groups in total. The van der Waals surface area contributed by atoms with Crippen molar-refractivity contribution in [3.63, 3.8) is 0 Å². The number of carboxylic acid groups (broad SMARTS) is 1. The van der Waals surface area contributed by atoms with Gasteiger partial charge in [-0.05, 0) is 43.5 Å². The lowest BCUT2D eigenvalue weighted by molar-refractivity contribution is 0.0697. The van der Waals surface area contributed by atoms with Gasteiger partial charge < -0.3 is 10.4 Å². The van der Waals surface area contributed by atoms with Crippen LogP contribution in [0.25, 0.3) is 0 Å². The first-order valence-corrected chi connectivity index (χ1v) is 5.92. The number of nitrogens with one attached hydrogen (secondary N) is 1. The van der Waals surface area contributed by atoms with Gasteiger partial charge in [0.05, 0.1) is 5.56 Å². The number of unbranched alkanes of at least 4 members (excludes halogenated alkanes) is 3. The van der Waals surface area contributed by atoms with E-state index in [9.17, 15) is 4.79 Å². The van der Waals surface area contributed by atoms with Gasteiger partial charge in [-0.25, -0.2) is 4.79 Å². The molecular formula is C14H19NO2. The number of hydrogen-bond donors (Lipinski definition) is 2. The van der Waals surface area contributed by atoms with Crippen molar-refractivity contribution in [3.8, 4) is 0 Å². The number of carbonyl (C=O) groups is 1. The summed E-state index contributed by atoms with van der Waals surface area (Å²) in [7, 11) is 0. The SMILES string of the molecule is C=CCCCCCNc1ccc(C(=O)O)cc1. The molecule has 1 aromatic carbocycles. The van der Waals surface area contributed by atoms with Gasteiger partial charge in [-0.15, -0.1) is 6.58 Å². The zero-order valence-electron chi connectivity index (χ0n) is 9.98. The molecule has 0 amide bonds. The van der Waals surface area contributed by atoms with Crippen LogP contribution in [0.15, 0.2) is 36.9 Å². The first-order chi connectivity index (χ1) is 8.24. The third-order valence-corrected chi connectivity index (χ3v) is 2.55. The number of aromatic carboxylic acids is 1. The van der Waals surface area contributed by atoms with Gasteiger partial charge in [0.15, 0.2) is 0 Å².